The van der Waals surface area contributed by atoms with Crippen LogP contribution in [0.15, 0.2) is 24.3 Å². The van der Waals surface area contributed by atoms with Gasteiger partial charge in [-0.2, -0.15) is 9.97 Å². The summed E-state index contributed by atoms with van der Waals surface area (Å²) >= 11 is 0. The third-order valence-electron chi connectivity index (χ3n) is 7.46. The number of alkyl carbamates (subject to hydrolysis) is 1. The molecule has 2 fully saturated rings. The molecule has 2 aliphatic rings. The molecule has 0 bridgehead atoms. The third-order valence-corrected chi connectivity index (χ3v) is 7.46. The Morgan fingerprint density at radius 3 is 2.45 bits per heavy atom. The molecule has 0 radical (unpaired) electrons. The van der Waals surface area contributed by atoms with Gasteiger partial charge < -0.3 is 29.7 Å². The van der Waals surface area contributed by atoms with Crippen LogP contribution in [0, 0.1) is 5.92 Å². The number of alkyl halides is 2. The molecule has 0 spiro atoms. The SMILES string of the molecule is COc1ccc2nc(C(F)F)n(-c3cc(N4CCOCC4)nc(NC[C@H]4CC[C@H](NC(=O)OC(C)(C)C)CC4)n3)c2c1. The monoisotopic (exact) mass is 587 g/mol. The molecule has 0 atom stereocenters. The zero-order valence-electron chi connectivity index (χ0n) is 24.5. The molecule has 2 aromatic heterocycles. The Bertz CT molecular complexity index is 1380. The minimum Gasteiger partial charge on any atom is -0.497 e. The fourth-order valence-corrected chi connectivity index (χ4v) is 5.38. The predicted molar refractivity (Wildman–Crippen MR) is 155 cm³/mol. The topological polar surface area (TPSA) is 116 Å². The largest absolute Gasteiger partial charge is 0.497 e. The van der Waals surface area contributed by atoms with Gasteiger partial charge in [0, 0.05) is 37.8 Å². The summed E-state index contributed by atoms with van der Waals surface area (Å²) in [5.41, 5.74) is 0.354. The van der Waals surface area contributed by atoms with Gasteiger partial charge in [-0.1, -0.05) is 0 Å². The number of hydrogen-bond acceptors (Lipinski definition) is 9. The average Bonchev–Trinajstić information content (AvgIpc) is 3.35. The van der Waals surface area contributed by atoms with Crippen LogP contribution >= 0.6 is 0 Å². The van der Waals surface area contributed by atoms with Gasteiger partial charge in [-0.05, 0) is 64.5 Å². The van der Waals surface area contributed by atoms with Gasteiger partial charge in [0.2, 0.25) is 5.95 Å². The van der Waals surface area contributed by atoms with Crippen LogP contribution in [-0.2, 0) is 9.47 Å². The van der Waals surface area contributed by atoms with Crippen LogP contribution in [0.2, 0.25) is 0 Å². The van der Waals surface area contributed by atoms with Crippen molar-refractivity contribution in [1.82, 2.24) is 24.8 Å². The number of halogens is 2. The Labute approximate surface area is 243 Å². The van der Waals surface area contributed by atoms with Gasteiger partial charge in [0.1, 0.15) is 23.0 Å². The van der Waals surface area contributed by atoms with E-state index in [9.17, 15) is 13.6 Å². The quantitative estimate of drug-likeness (QED) is 0.372. The molecule has 1 amide bonds. The molecule has 0 unspecified atom stereocenters. The van der Waals surface area contributed by atoms with E-state index in [-0.39, 0.29) is 6.04 Å². The lowest BCUT2D eigenvalue weighted by molar-refractivity contribution is 0.0488. The van der Waals surface area contributed by atoms with Crippen molar-refractivity contribution >= 4 is 28.9 Å². The number of amides is 1. The number of carbonyl (C=O) groups excluding carboxylic acids is 1. The molecule has 2 N–H and O–H groups in total. The first kappa shape index (κ1) is 29.7. The standard InChI is InChI=1S/C29H39F2N7O4/c1-29(2,3)42-28(39)33-19-7-5-18(6-8-19)17-32-27-35-23(37-11-13-41-14-12-37)16-24(36-27)38-22-15-20(40-4)9-10-21(22)34-26(38)25(30)31/h9-10,15-16,18-19,25H,5-8,11-14,17H2,1-4H3,(H,33,39)(H,32,35,36)/t18-,19-. The summed E-state index contributed by atoms with van der Waals surface area (Å²) in [7, 11) is 1.53. The fraction of sp³-hybridized carbons (Fsp3) is 0.586. The second-order valence-electron chi connectivity index (χ2n) is 11.7. The molecule has 13 heteroatoms. The van der Waals surface area contributed by atoms with E-state index in [1.165, 1.54) is 11.7 Å². The summed E-state index contributed by atoms with van der Waals surface area (Å²) in [4.78, 5) is 27.9. The van der Waals surface area contributed by atoms with E-state index in [4.69, 9.17) is 19.2 Å². The first-order valence-corrected chi connectivity index (χ1v) is 14.4. The highest BCUT2D eigenvalue weighted by Crippen LogP contribution is 2.32. The predicted octanol–water partition coefficient (Wildman–Crippen LogP) is 5.09. The van der Waals surface area contributed by atoms with E-state index < -0.39 is 23.9 Å². The van der Waals surface area contributed by atoms with Gasteiger partial charge in [-0.3, -0.25) is 4.57 Å². The highest BCUT2D eigenvalue weighted by atomic mass is 19.3. The minimum atomic E-state index is -2.81. The summed E-state index contributed by atoms with van der Waals surface area (Å²) in [6.07, 6.45) is 0.289. The number of benzene rings is 1. The molecule has 1 aliphatic heterocycles. The molecule has 42 heavy (non-hydrogen) atoms. The summed E-state index contributed by atoms with van der Waals surface area (Å²) in [6, 6.07) is 6.83. The van der Waals surface area contributed by atoms with Crippen molar-refractivity contribution in [1.29, 1.82) is 0 Å². The lowest BCUT2D eigenvalue weighted by Gasteiger charge is -2.30. The van der Waals surface area contributed by atoms with Crippen LogP contribution in [0.1, 0.15) is 58.7 Å². The summed E-state index contributed by atoms with van der Waals surface area (Å²) in [6.45, 7) is 8.51. The lowest BCUT2D eigenvalue weighted by Crippen LogP contribution is -2.41. The first-order valence-electron chi connectivity index (χ1n) is 14.4. The number of morpholine rings is 1. The number of nitrogens with one attached hydrogen (secondary N) is 2. The number of fused-ring (bicyclic) bond motifs is 1. The number of rotatable bonds is 8. The molecule has 1 aromatic carbocycles. The van der Waals surface area contributed by atoms with Gasteiger partial charge in [0.15, 0.2) is 5.82 Å². The zero-order chi connectivity index (χ0) is 29.9. The van der Waals surface area contributed by atoms with Gasteiger partial charge in [0.05, 0.1) is 31.4 Å². The Balaban J connectivity index is 1.36. The molecular formula is C29H39F2N7O4. The second-order valence-corrected chi connectivity index (χ2v) is 11.7. The van der Waals surface area contributed by atoms with Crippen molar-refractivity contribution in [2.24, 2.45) is 5.92 Å². The molecular weight excluding hydrogens is 548 g/mol. The van der Waals surface area contributed by atoms with Gasteiger partial charge in [-0.25, -0.2) is 18.6 Å². The number of imidazole rings is 1. The molecule has 1 saturated carbocycles. The Hall–Kier alpha value is -3.74. The maximum Gasteiger partial charge on any atom is 0.407 e. The average molecular weight is 588 g/mol. The summed E-state index contributed by atoms with van der Waals surface area (Å²) in [5.74, 6) is 1.75. The Morgan fingerprint density at radius 1 is 1.07 bits per heavy atom. The third kappa shape index (κ3) is 7.18. The Kier molecular flexibility index (Phi) is 8.95. The van der Waals surface area contributed by atoms with Crippen LogP contribution in [0.5, 0.6) is 5.75 Å². The van der Waals surface area contributed by atoms with Crippen molar-refractivity contribution in [3.05, 3.63) is 30.1 Å². The number of aromatic nitrogens is 4. The van der Waals surface area contributed by atoms with Crippen molar-refractivity contribution in [3.63, 3.8) is 0 Å². The van der Waals surface area contributed by atoms with Crippen LogP contribution in [0.25, 0.3) is 16.9 Å². The highest BCUT2D eigenvalue weighted by molar-refractivity contribution is 5.80. The normalized spacial score (nSPS) is 19.6. The minimum absolute atomic E-state index is 0.0721. The van der Waals surface area contributed by atoms with Gasteiger partial charge in [0.25, 0.3) is 6.43 Å². The highest BCUT2D eigenvalue weighted by Gasteiger charge is 2.26. The van der Waals surface area contributed by atoms with Crippen LogP contribution in [0.3, 0.4) is 0 Å². The van der Waals surface area contributed by atoms with Crippen molar-refractivity contribution < 1.29 is 27.8 Å². The Morgan fingerprint density at radius 2 is 1.79 bits per heavy atom. The molecule has 3 heterocycles. The summed E-state index contributed by atoms with van der Waals surface area (Å²) < 4.78 is 46.1. The molecule has 228 valence electrons. The summed E-state index contributed by atoms with van der Waals surface area (Å²) in [5, 5.41) is 6.34. The number of carbonyl (C=O) groups is 1. The zero-order valence-corrected chi connectivity index (χ0v) is 24.5. The number of ether oxygens (including phenoxy) is 3. The van der Waals surface area contributed by atoms with Gasteiger partial charge >= 0.3 is 6.09 Å². The smallest absolute Gasteiger partial charge is 0.407 e. The number of anilines is 2. The molecule has 11 nitrogen and oxygen atoms in total. The molecule has 1 saturated heterocycles. The second kappa shape index (κ2) is 12.6. The van der Waals surface area contributed by atoms with E-state index in [1.54, 1.807) is 24.3 Å². The van der Waals surface area contributed by atoms with Crippen LogP contribution in [-0.4, -0.2) is 77.2 Å². The first-order chi connectivity index (χ1) is 20.1. The maximum atomic E-state index is 14.2. The van der Waals surface area contributed by atoms with E-state index >= 15 is 0 Å². The van der Waals surface area contributed by atoms with E-state index in [0.717, 1.165) is 25.7 Å². The van der Waals surface area contributed by atoms with E-state index in [0.29, 0.717) is 73.1 Å². The molecule has 1 aliphatic carbocycles. The van der Waals surface area contributed by atoms with Crippen molar-refractivity contribution in [3.8, 4) is 11.6 Å². The van der Waals surface area contributed by atoms with Crippen LogP contribution < -0.4 is 20.3 Å². The van der Waals surface area contributed by atoms with Crippen molar-refractivity contribution in [2.75, 3.05) is 50.2 Å². The van der Waals surface area contributed by atoms with Crippen molar-refractivity contribution in [2.45, 2.75) is 64.5 Å². The number of methoxy groups -OCH3 is 1. The van der Waals surface area contributed by atoms with Gasteiger partial charge in [-0.15, -0.1) is 0 Å². The maximum absolute atomic E-state index is 14.2. The number of hydrogen-bond donors (Lipinski definition) is 2. The van der Waals surface area contributed by atoms with Crippen LogP contribution in [0.4, 0.5) is 25.3 Å². The van der Waals surface area contributed by atoms with E-state index in [1.807, 2.05) is 20.8 Å². The number of nitrogens with zero attached hydrogens (tertiary/aromatic N) is 5. The van der Waals surface area contributed by atoms with E-state index in [2.05, 4.69) is 25.5 Å². The molecule has 5 rings (SSSR count). The lowest BCUT2D eigenvalue weighted by atomic mass is 9.86. The fourth-order valence-electron chi connectivity index (χ4n) is 5.38. The molecule has 3 aromatic rings.